The standard InChI is InChI=1S/C24H28F3N3O4/c1-13-4-5-16(34-3)9-18(13)22-6-7-30(12-24(25,26)27)14(2)23(22,33)10-15-8-17(20(28)31)21(32)29-19(15)11-22/h4-5,8-9,14,33H,6-7,10-12H2,1-3H3,(H2,28,31)(H,29,32)/t14?,22-,23?/m1/s1. The molecule has 10 heteroatoms. The number of nitrogens with two attached hydrogens (primary N) is 1. The van der Waals surface area contributed by atoms with Gasteiger partial charge in [0, 0.05) is 30.0 Å². The number of H-pyrrole nitrogens is 1. The fourth-order valence-electron chi connectivity index (χ4n) is 5.86. The maximum atomic E-state index is 13.3. The molecular weight excluding hydrogens is 451 g/mol. The van der Waals surface area contributed by atoms with Crippen molar-refractivity contribution < 1.29 is 27.8 Å². The number of primary amides is 1. The first-order chi connectivity index (χ1) is 15.8. The van der Waals surface area contributed by atoms with Crippen molar-refractivity contribution in [3.63, 3.8) is 0 Å². The molecule has 1 amide bonds. The zero-order valence-electron chi connectivity index (χ0n) is 19.3. The van der Waals surface area contributed by atoms with E-state index < -0.39 is 41.2 Å². The topological polar surface area (TPSA) is 109 Å². The van der Waals surface area contributed by atoms with E-state index in [2.05, 4.69) is 4.98 Å². The second kappa shape index (κ2) is 8.13. The maximum Gasteiger partial charge on any atom is 0.401 e. The summed E-state index contributed by atoms with van der Waals surface area (Å²) in [6.45, 7) is 2.44. The molecule has 1 saturated heterocycles. The lowest BCUT2D eigenvalue weighted by Gasteiger charge is -2.60. The van der Waals surface area contributed by atoms with Gasteiger partial charge >= 0.3 is 6.18 Å². The molecule has 0 bridgehead atoms. The molecule has 2 aromatic rings. The molecule has 1 aliphatic carbocycles. The minimum Gasteiger partial charge on any atom is -0.497 e. The number of nitrogens with one attached hydrogen (secondary N) is 1. The Bertz CT molecular complexity index is 1190. The van der Waals surface area contributed by atoms with E-state index in [0.717, 1.165) is 11.1 Å². The highest BCUT2D eigenvalue weighted by Gasteiger charge is 2.61. The van der Waals surface area contributed by atoms with Gasteiger partial charge in [0.2, 0.25) is 0 Å². The third kappa shape index (κ3) is 3.78. The number of amides is 1. The van der Waals surface area contributed by atoms with Crippen LogP contribution in [0.5, 0.6) is 5.75 Å². The molecule has 2 heterocycles. The average molecular weight is 479 g/mol. The van der Waals surface area contributed by atoms with Crippen LogP contribution in [0, 0.1) is 6.92 Å². The summed E-state index contributed by atoms with van der Waals surface area (Å²) in [5.74, 6) is -0.349. The smallest absolute Gasteiger partial charge is 0.401 e. The van der Waals surface area contributed by atoms with Crippen molar-refractivity contribution in [1.29, 1.82) is 0 Å². The monoisotopic (exact) mass is 479 g/mol. The van der Waals surface area contributed by atoms with Crippen molar-refractivity contribution >= 4 is 5.91 Å². The first-order valence-electron chi connectivity index (χ1n) is 11.0. The lowest BCUT2D eigenvalue weighted by molar-refractivity contribution is -0.190. The number of rotatable bonds is 4. The average Bonchev–Trinajstić information content (AvgIpc) is 2.75. The van der Waals surface area contributed by atoms with Gasteiger partial charge in [-0.05, 0) is 61.7 Å². The Morgan fingerprint density at radius 3 is 2.65 bits per heavy atom. The van der Waals surface area contributed by atoms with E-state index in [1.54, 1.807) is 13.0 Å². The van der Waals surface area contributed by atoms with Crippen LogP contribution in [-0.2, 0) is 18.3 Å². The highest BCUT2D eigenvalue weighted by atomic mass is 19.4. The number of benzene rings is 1. The van der Waals surface area contributed by atoms with Gasteiger partial charge in [-0.3, -0.25) is 14.5 Å². The van der Waals surface area contributed by atoms with Crippen LogP contribution in [-0.4, -0.2) is 58.9 Å². The summed E-state index contributed by atoms with van der Waals surface area (Å²) in [7, 11) is 1.52. The second-order valence-electron chi connectivity index (χ2n) is 9.43. The number of alkyl halides is 3. The molecule has 2 unspecified atom stereocenters. The molecule has 1 aromatic heterocycles. The number of piperidine rings is 1. The summed E-state index contributed by atoms with van der Waals surface area (Å²) in [5.41, 5.74) is 4.49. The molecule has 1 aromatic carbocycles. The van der Waals surface area contributed by atoms with Crippen molar-refractivity contribution in [1.82, 2.24) is 9.88 Å². The fraction of sp³-hybridized carbons (Fsp3) is 0.500. The number of aryl methyl sites for hydroxylation is 1. The molecule has 34 heavy (non-hydrogen) atoms. The Hall–Kier alpha value is -2.85. The molecule has 2 aliphatic rings. The fourth-order valence-corrected chi connectivity index (χ4v) is 5.86. The Balaban J connectivity index is 1.94. The number of nitrogens with zero attached hydrogens (tertiary/aromatic N) is 1. The van der Waals surface area contributed by atoms with Gasteiger partial charge in [0.1, 0.15) is 11.3 Å². The molecule has 1 fully saturated rings. The van der Waals surface area contributed by atoms with Crippen molar-refractivity contribution in [3.8, 4) is 5.75 Å². The maximum absolute atomic E-state index is 13.3. The molecule has 4 N–H and O–H groups in total. The van der Waals surface area contributed by atoms with Crippen molar-refractivity contribution in [2.75, 3.05) is 20.2 Å². The van der Waals surface area contributed by atoms with Gasteiger partial charge in [-0.1, -0.05) is 6.07 Å². The molecule has 0 radical (unpaired) electrons. The van der Waals surface area contributed by atoms with Crippen LogP contribution in [0.3, 0.4) is 0 Å². The minimum atomic E-state index is -4.42. The summed E-state index contributed by atoms with van der Waals surface area (Å²) < 4.78 is 45.4. The van der Waals surface area contributed by atoms with E-state index in [1.807, 2.05) is 19.1 Å². The van der Waals surface area contributed by atoms with Gasteiger partial charge in [0.15, 0.2) is 0 Å². The predicted molar refractivity (Wildman–Crippen MR) is 119 cm³/mol. The van der Waals surface area contributed by atoms with Crippen LogP contribution >= 0.6 is 0 Å². The van der Waals surface area contributed by atoms with Gasteiger partial charge in [0.05, 0.1) is 19.3 Å². The number of aromatic nitrogens is 1. The number of carbonyl (C=O) groups is 1. The molecular formula is C24H28F3N3O4. The number of hydrogen-bond donors (Lipinski definition) is 3. The number of aliphatic hydroxyl groups is 1. The first kappa shape index (κ1) is 24.3. The minimum absolute atomic E-state index is 0.0500. The van der Waals surface area contributed by atoms with E-state index in [9.17, 15) is 27.9 Å². The van der Waals surface area contributed by atoms with Crippen LogP contribution in [0.25, 0.3) is 0 Å². The van der Waals surface area contributed by atoms with Gasteiger partial charge in [0.25, 0.3) is 11.5 Å². The van der Waals surface area contributed by atoms with Crippen LogP contribution < -0.4 is 16.0 Å². The van der Waals surface area contributed by atoms with Crippen molar-refractivity contribution in [2.45, 2.75) is 56.3 Å². The summed E-state index contributed by atoms with van der Waals surface area (Å²) >= 11 is 0. The quantitative estimate of drug-likeness (QED) is 0.623. The van der Waals surface area contributed by atoms with Crippen LogP contribution in [0.1, 0.15) is 46.1 Å². The zero-order valence-corrected chi connectivity index (χ0v) is 19.3. The zero-order chi connectivity index (χ0) is 25.1. The van der Waals surface area contributed by atoms with Crippen molar-refractivity contribution in [2.24, 2.45) is 5.73 Å². The van der Waals surface area contributed by atoms with E-state index in [-0.39, 0.29) is 31.4 Å². The molecule has 0 saturated carbocycles. The van der Waals surface area contributed by atoms with Crippen LogP contribution in [0.4, 0.5) is 13.2 Å². The third-order valence-electron chi connectivity index (χ3n) is 7.66. The lowest BCUT2D eigenvalue weighted by atomic mass is 9.53. The largest absolute Gasteiger partial charge is 0.497 e. The number of carbonyl (C=O) groups excluding carboxylic acids is 1. The van der Waals surface area contributed by atoms with Crippen molar-refractivity contribution in [3.05, 3.63) is 62.6 Å². The first-order valence-corrected chi connectivity index (χ1v) is 11.0. The number of ether oxygens (including phenoxy) is 1. The number of hydrogen-bond acceptors (Lipinski definition) is 5. The summed E-state index contributed by atoms with van der Waals surface area (Å²) in [6.07, 6.45) is -4.05. The summed E-state index contributed by atoms with van der Waals surface area (Å²) in [6, 6.07) is 5.93. The Kier molecular flexibility index (Phi) is 5.80. The Labute approximate surface area is 194 Å². The number of halogens is 3. The summed E-state index contributed by atoms with van der Waals surface area (Å²) in [4.78, 5) is 28.2. The number of fused-ring (bicyclic) bond motifs is 2. The number of pyridine rings is 1. The normalized spacial score (nSPS) is 27.1. The second-order valence-corrected chi connectivity index (χ2v) is 9.43. The van der Waals surface area contributed by atoms with Gasteiger partial charge < -0.3 is 20.6 Å². The molecule has 184 valence electrons. The highest BCUT2D eigenvalue weighted by Crippen LogP contribution is 2.53. The summed E-state index contributed by atoms with van der Waals surface area (Å²) in [5, 5.41) is 12.3. The SMILES string of the molecule is COc1ccc(C)c([C@]23CCN(CC(F)(F)F)C(C)C2(O)Cc2cc(C(N)=O)c(=O)[nH]c2C3)c1. The number of methoxy groups -OCH3 is 1. The van der Waals surface area contributed by atoms with Crippen LogP contribution in [0.2, 0.25) is 0 Å². The van der Waals surface area contributed by atoms with E-state index in [0.29, 0.717) is 17.0 Å². The van der Waals surface area contributed by atoms with E-state index in [1.165, 1.54) is 18.1 Å². The molecule has 3 atom stereocenters. The molecule has 4 rings (SSSR count). The highest BCUT2D eigenvalue weighted by molar-refractivity contribution is 5.92. The Morgan fingerprint density at radius 2 is 2.03 bits per heavy atom. The molecule has 0 spiro atoms. The van der Waals surface area contributed by atoms with E-state index in [4.69, 9.17) is 10.5 Å². The van der Waals surface area contributed by atoms with Gasteiger partial charge in [-0.2, -0.15) is 13.2 Å². The van der Waals surface area contributed by atoms with Crippen LogP contribution in [0.15, 0.2) is 29.1 Å². The number of likely N-dealkylation sites (tertiary alicyclic amines) is 1. The number of aromatic amines is 1. The molecule has 1 aliphatic heterocycles. The van der Waals surface area contributed by atoms with Gasteiger partial charge in [-0.25, -0.2) is 0 Å². The van der Waals surface area contributed by atoms with E-state index >= 15 is 0 Å². The predicted octanol–water partition coefficient (Wildman–Crippen LogP) is 2.22. The Morgan fingerprint density at radius 1 is 1.32 bits per heavy atom. The lowest BCUT2D eigenvalue weighted by Crippen LogP contribution is -2.71. The van der Waals surface area contributed by atoms with Gasteiger partial charge in [-0.15, -0.1) is 0 Å². The third-order valence-corrected chi connectivity index (χ3v) is 7.66. The molecule has 7 nitrogen and oxygen atoms in total.